The van der Waals surface area contributed by atoms with Gasteiger partial charge in [0, 0.05) is 31.6 Å². The van der Waals surface area contributed by atoms with Crippen LogP contribution in [0.4, 0.5) is 0 Å². The van der Waals surface area contributed by atoms with Crippen LogP contribution in [-0.4, -0.2) is 78.2 Å². The Morgan fingerprint density at radius 1 is 0.955 bits per heavy atom. The van der Waals surface area contributed by atoms with Crippen LogP contribution in [0.2, 0.25) is 5.02 Å². The molecule has 3 atom stereocenters. The van der Waals surface area contributed by atoms with Crippen LogP contribution < -0.4 is 20.7 Å². The first kappa shape index (κ1) is 33.7. The Morgan fingerprint density at radius 2 is 1.66 bits per heavy atom. The summed E-state index contributed by atoms with van der Waals surface area (Å²) in [6.07, 6.45) is 6.63. The zero-order chi connectivity index (χ0) is 31.7. The molecule has 1 aliphatic heterocycles. The topological polar surface area (TPSA) is 120 Å². The van der Waals surface area contributed by atoms with Gasteiger partial charge < -0.3 is 30.7 Å². The number of carbonyl (C=O) groups is 3. The number of amides is 3. The summed E-state index contributed by atoms with van der Waals surface area (Å²) >= 11 is 6.08. The molecule has 0 radical (unpaired) electrons. The van der Waals surface area contributed by atoms with Gasteiger partial charge in [-0.1, -0.05) is 61.2 Å². The molecule has 4 N–H and O–H groups in total. The van der Waals surface area contributed by atoms with Gasteiger partial charge >= 0.3 is 0 Å². The predicted octanol–water partition coefficient (Wildman–Crippen LogP) is 3.65. The fraction of sp³-hybridized carbons (Fsp3) is 0.559. The number of hydrogen-bond acceptors (Lipinski definition) is 6. The molecule has 2 aromatic rings. The number of nitrogens with zero attached hydrogens (tertiary/aromatic N) is 1. The molecular weight excluding hydrogens is 580 g/mol. The van der Waals surface area contributed by atoms with E-state index in [2.05, 4.69) is 16.0 Å². The molecule has 1 saturated carbocycles. The normalized spacial score (nSPS) is 23.9. The lowest BCUT2D eigenvalue weighted by molar-refractivity contribution is -0.151. The Bertz CT molecular complexity index is 1260. The highest BCUT2D eigenvalue weighted by molar-refractivity contribution is 6.30. The van der Waals surface area contributed by atoms with E-state index in [0.29, 0.717) is 37.6 Å². The fourth-order valence-electron chi connectivity index (χ4n) is 6.40. The average molecular weight is 627 g/mol. The minimum Gasteiger partial charge on any atom is -0.492 e. The van der Waals surface area contributed by atoms with E-state index in [1.165, 1.54) is 18.7 Å². The van der Waals surface area contributed by atoms with Gasteiger partial charge in [-0.2, -0.15) is 0 Å². The monoisotopic (exact) mass is 626 g/mol. The summed E-state index contributed by atoms with van der Waals surface area (Å²) in [6.45, 7) is 4.24. The van der Waals surface area contributed by atoms with Crippen LogP contribution in [0.3, 0.4) is 0 Å². The molecule has 3 amide bonds. The summed E-state index contributed by atoms with van der Waals surface area (Å²) in [5.74, 6) is -0.313. The minimum absolute atomic E-state index is 0.102. The van der Waals surface area contributed by atoms with Crippen molar-refractivity contribution in [3.05, 3.63) is 64.7 Å². The van der Waals surface area contributed by atoms with Gasteiger partial charge in [-0.15, -0.1) is 0 Å². The van der Waals surface area contributed by atoms with Gasteiger partial charge in [0.1, 0.15) is 24.4 Å². The first-order valence-electron chi connectivity index (χ1n) is 15.8. The van der Waals surface area contributed by atoms with Gasteiger partial charge in [0.25, 0.3) is 0 Å². The van der Waals surface area contributed by atoms with Gasteiger partial charge in [0.15, 0.2) is 0 Å². The molecule has 1 fully saturated rings. The second kappa shape index (κ2) is 15.7. The number of carbonyl (C=O) groups excluding carboxylic acids is 3. The van der Waals surface area contributed by atoms with E-state index in [0.717, 1.165) is 49.0 Å². The van der Waals surface area contributed by atoms with Crippen molar-refractivity contribution in [2.24, 2.45) is 5.92 Å². The summed E-state index contributed by atoms with van der Waals surface area (Å²) in [6, 6.07) is 12.3. The van der Waals surface area contributed by atoms with Crippen molar-refractivity contribution in [3.8, 4) is 5.75 Å². The van der Waals surface area contributed by atoms with Crippen LogP contribution in [-0.2, 0) is 27.2 Å². The quantitative estimate of drug-likeness (QED) is 0.411. The molecule has 0 saturated heterocycles. The minimum atomic E-state index is -1.58. The van der Waals surface area contributed by atoms with Crippen molar-refractivity contribution in [2.75, 3.05) is 26.7 Å². The standard InChI is InChI=1S/C34H47ClN4O5/c1-34(2,43)30-32(41)38-27(22-23-15-17-26(35)18-16-23)31(40)37-19-9-13-24-10-7-8-14-28(24)44-21-20-36-29(33(42)39(30)3)25-11-5-4-6-12-25/h7-8,10,14-18,25,27,29-30,36,43H,4-6,9,11-13,19-22H2,1-3H3,(H,37,40)(H,38,41)/t27-,29+,30-/m1/s1. The van der Waals surface area contributed by atoms with E-state index < -0.39 is 29.6 Å². The molecule has 1 heterocycles. The third kappa shape index (κ3) is 9.19. The summed E-state index contributed by atoms with van der Waals surface area (Å²) in [5, 5.41) is 21.1. The molecule has 2 aliphatic rings. The van der Waals surface area contributed by atoms with Crippen LogP contribution in [0.15, 0.2) is 48.5 Å². The molecule has 0 aromatic heterocycles. The number of likely N-dealkylation sites (N-methyl/N-ethyl adjacent to an activating group) is 1. The lowest BCUT2D eigenvalue weighted by Gasteiger charge is -2.40. The molecule has 9 nitrogen and oxygen atoms in total. The number of fused-ring (bicyclic) bond motifs is 1. The zero-order valence-electron chi connectivity index (χ0n) is 26.1. The molecule has 240 valence electrons. The zero-order valence-corrected chi connectivity index (χ0v) is 26.9. The maximum absolute atomic E-state index is 14.1. The molecule has 0 unspecified atom stereocenters. The van der Waals surface area contributed by atoms with E-state index in [1.807, 2.05) is 36.4 Å². The molecule has 0 spiro atoms. The number of hydrogen-bond donors (Lipinski definition) is 4. The second-order valence-electron chi connectivity index (χ2n) is 12.6. The van der Waals surface area contributed by atoms with Crippen LogP contribution in [0, 0.1) is 5.92 Å². The first-order chi connectivity index (χ1) is 21.0. The van der Waals surface area contributed by atoms with Crippen LogP contribution in [0.25, 0.3) is 0 Å². The third-order valence-corrected chi connectivity index (χ3v) is 8.90. The van der Waals surface area contributed by atoms with Crippen molar-refractivity contribution >= 4 is 29.3 Å². The van der Waals surface area contributed by atoms with E-state index in [4.69, 9.17) is 16.3 Å². The maximum Gasteiger partial charge on any atom is 0.246 e. The lowest BCUT2D eigenvalue weighted by atomic mass is 9.82. The second-order valence-corrected chi connectivity index (χ2v) is 13.0. The van der Waals surface area contributed by atoms with E-state index in [-0.39, 0.29) is 24.2 Å². The number of benzene rings is 2. The molecular formula is C34H47ClN4O5. The molecule has 10 heteroatoms. The highest BCUT2D eigenvalue weighted by Gasteiger charge is 2.43. The number of nitrogens with one attached hydrogen (secondary N) is 3. The SMILES string of the molecule is CN1C(=O)[C@H](C2CCCCC2)NCCOc2ccccc2CCCNC(=O)[C@@H](Cc2ccc(Cl)cc2)NC(=O)[C@@H]1C(C)(C)O. The average Bonchev–Trinajstić information content (AvgIpc) is 2.99. The molecule has 1 aliphatic carbocycles. The summed E-state index contributed by atoms with van der Waals surface area (Å²) in [7, 11) is 1.56. The van der Waals surface area contributed by atoms with Gasteiger partial charge in [-0.25, -0.2) is 0 Å². The summed E-state index contributed by atoms with van der Waals surface area (Å²) in [4.78, 5) is 42.9. The van der Waals surface area contributed by atoms with Crippen molar-refractivity contribution in [3.63, 3.8) is 0 Å². The van der Waals surface area contributed by atoms with Crippen LogP contribution >= 0.6 is 11.6 Å². The Labute approximate surface area is 266 Å². The molecule has 44 heavy (non-hydrogen) atoms. The van der Waals surface area contributed by atoms with Crippen molar-refractivity contribution in [1.82, 2.24) is 20.9 Å². The molecule has 4 rings (SSSR count). The van der Waals surface area contributed by atoms with Gasteiger partial charge in [0.2, 0.25) is 17.7 Å². The van der Waals surface area contributed by atoms with Gasteiger partial charge in [0.05, 0.1) is 11.6 Å². The van der Waals surface area contributed by atoms with Crippen molar-refractivity contribution in [2.45, 2.75) is 88.9 Å². The van der Waals surface area contributed by atoms with E-state index >= 15 is 0 Å². The van der Waals surface area contributed by atoms with Gasteiger partial charge in [-0.05, 0) is 74.8 Å². The smallest absolute Gasteiger partial charge is 0.246 e. The Balaban J connectivity index is 1.65. The van der Waals surface area contributed by atoms with Crippen molar-refractivity contribution < 1.29 is 24.2 Å². The maximum atomic E-state index is 14.1. The van der Waals surface area contributed by atoms with Crippen LogP contribution in [0.5, 0.6) is 5.75 Å². The first-order valence-corrected chi connectivity index (χ1v) is 16.2. The number of rotatable bonds is 4. The largest absolute Gasteiger partial charge is 0.492 e. The third-order valence-electron chi connectivity index (χ3n) is 8.64. The van der Waals surface area contributed by atoms with Crippen molar-refractivity contribution in [1.29, 1.82) is 0 Å². The number of aryl methyl sites for hydroxylation is 1. The van der Waals surface area contributed by atoms with Crippen LogP contribution in [0.1, 0.15) is 63.5 Å². The highest BCUT2D eigenvalue weighted by atomic mass is 35.5. The van der Waals surface area contributed by atoms with Gasteiger partial charge in [-0.3, -0.25) is 14.4 Å². The number of para-hydroxylation sites is 1. The molecule has 0 bridgehead atoms. The number of halogens is 1. The Kier molecular flexibility index (Phi) is 12.1. The number of aliphatic hydroxyl groups is 1. The Morgan fingerprint density at radius 3 is 2.36 bits per heavy atom. The Hall–Kier alpha value is -3.14. The molecule has 2 aromatic carbocycles. The lowest BCUT2D eigenvalue weighted by Crippen LogP contribution is -2.64. The highest BCUT2D eigenvalue weighted by Crippen LogP contribution is 2.29. The fourth-order valence-corrected chi connectivity index (χ4v) is 6.52. The van der Waals surface area contributed by atoms with E-state index in [1.54, 1.807) is 19.2 Å². The summed E-state index contributed by atoms with van der Waals surface area (Å²) in [5.41, 5.74) is 0.274. The van der Waals surface area contributed by atoms with E-state index in [9.17, 15) is 19.5 Å². The summed E-state index contributed by atoms with van der Waals surface area (Å²) < 4.78 is 6.15. The number of ether oxygens (including phenoxy) is 1. The predicted molar refractivity (Wildman–Crippen MR) is 172 cm³/mol.